The van der Waals surface area contributed by atoms with E-state index in [4.69, 9.17) is 4.74 Å². The molecule has 0 unspecified atom stereocenters. The minimum Gasteiger partial charge on any atom is -0.381 e. The largest absolute Gasteiger partial charge is 0.381 e. The highest BCUT2D eigenvalue weighted by Gasteiger charge is 2.07. The summed E-state index contributed by atoms with van der Waals surface area (Å²) >= 11 is 1.64. The summed E-state index contributed by atoms with van der Waals surface area (Å²) in [6.07, 6.45) is 2.05. The van der Waals surface area contributed by atoms with Crippen LogP contribution >= 0.6 is 11.3 Å². The third-order valence-corrected chi connectivity index (χ3v) is 3.57. The lowest BCUT2D eigenvalue weighted by molar-refractivity contribution is 0.134. The number of rotatable bonds is 9. The summed E-state index contributed by atoms with van der Waals surface area (Å²) in [5.41, 5.74) is 0. The van der Waals surface area contributed by atoms with Crippen LogP contribution in [-0.4, -0.2) is 36.3 Å². The maximum atomic E-state index is 5.47. The van der Waals surface area contributed by atoms with Crippen LogP contribution in [0.2, 0.25) is 0 Å². The van der Waals surface area contributed by atoms with Crippen molar-refractivity contribution in [2.24, 2.45) is 0 Å². The van der Waals surface area contributed by atoms with E-state index in [0.717, 1.165) is 55.2 Å². The zero-order chi connectivity index (χ0) is 14.2. The number of nitrogens with zero attached hydrogens (tertiary/aromatic N) is 2. The average molecular weight is 294 g/mol. The van der Waals surface area contributed by atoms with Crippen LogP contribution in [0, 0.1) is 0 Å². The van der Waals surface area contributed by atoms with Gasteiger partial charge in [0.1, 0.15) is 10.6 Å². The zero-order valence-electron chi connectivity index (χ0n) is 12.1. The fourth-order valence-electron chi connectivity index (χ4n) is 1.85. The van der Waals surface area contributed by atoms with Crippen LogP contribution in [0.25, 0.3) is 10.2 Å². The smallest absolute Gasteiger partial charge is 0.226 e. The van der Waals surface area contributed by atoms with Crippen LogP contribution in [-0.2, 0) is 4.74 Å². The minimum absolute atomic E-state index is 0.687. The first-order valence-electron chi connectivity index (χ1n) is 7.15. The molecule has 0 atom stereocenters. The molecule has 0 bridgehead atoms. The van der Waals surface area contributed by atoms with E-state index in [9.17, 15) is 0 Å². The summed E-state index contributed by atoms with van der Waals surface area (Å²) in [6, 6.07) is 2.06. The van der Waals surface area contributed by atoms with E-state index in [-0.39, 0.29) is 0 Å². The van der Waals surface area contributed by atoms with Gasteiger partial charge in [-0.25, -0.2) is 4.98 Å². The Labute approximate surface area is 123 Å². The van der Waals surface area contributed by atoms with Gasteiger partial charge in [-0.2, -0.15) is 4.98 Å². The van der Waals surface area contributed by atoms with Gasteiger partial charge in [0.15, 0.2) is 0 Å². The first-order chi connectivity index (χ1) is 9.85. The van der Waals surface area contributed by atoms with Gasteiger partial charge in [-0.15, -0.1) is 11.3 Å². The SMILES string of the molecule is CCCOCCCNc1nc(NCC)nc2sccc12. The summed E-state index contributed by atoms with van der Waals surface area (Å²) in [5.74, 6) is 1.59. The van der Waals surface area contributed by atoms with Crippen molar-refractivity contribution in [3.63, 3.8) is 0 Å². The van der Waals surface area contributed by atoms with Crippen molar-refractivity contribution in [1.29, 1.82) is 0 Å². The van der Waals surface area contributed by atoms with Crippen LogP contribution in [0.1, 0.15) is 26.7 Å². The Kier molecular flexibility index (Phi) is 6.01. The van der Waals surface area contributed by atoms with Crippen LogP contribution in [0.15, 0.2) is 11.4 Å². The Morgan fingerprint density at radius 3 is 2.90 bits per heavy atom. The van der Waals surface area contributed by atoms with E-state index in [2.05, 4.69) is 33.6 Å². The molecule has 2 N–H and O–H groups in total. The molecule has 0 saturated carbocycles. The molecule has 0 spiro atoms. The second kappa shape index (κ2) is 8.01. The lowest BCUT2D eigenvalue weighted by Crippen LogP contribution is -2.09. The lowest BCUT2D eigenvalue weighted by Gasteiger charge is -2.09. The van der Waals surface area contributed by atoms with E-state index in [1.165, 1.54) is 0 Å². The molecule has 20 heavy (non-hydrogen) atoms. The Balaban J connectivity index is 1.95. The number of thiophene rings is 1. The van der Waals surface area contributed by atoms with Gasteiger partial charge in [0.2, 0.25) is 5.95 Å². The van der Waals surface area contributed by atoms with Crippen LogP contribution in [0.3, 0.4) is 0 Å². The van der Waals surface area contributed by atoms with Crippen molar-refractivity contribution < 1.29 is 4.74 Å². The number of nitrogens with one attached hydrogen (secondary N) is 2. The maximum absolute atomic E-state index is 5.47. The number of fused-ring (bicyclic) bond motifs is 1. The van der Waals surface area contributed by atoms with Crippen molar-refractivity contribution in [2.45, 2.75) is 26.7 Å². The van der Waals surface area contributed by atoms with Gasteiger partial charge in [0.25, 0.3) is 0 Å². The standard InChI is InChI=1S/C14H22N4OS/c1-3-8-19-9-5-7-16-12-11-6-10-20-13(11)18-14(17-12)15-4-2/h6,10H,3-5,7-9H2,1-2H3,(H2,15,16,17,18). The third-order valence-electron chi connectivity index (χ3n) is 2.77. The first kappa shape index (κ1) is 15.0. The molecular weight excluding hydrogens is 272 g/mol. The molecule has 0 aliphatic carbocycles. The minimum atomic E-state index is 0.687. The Hall–Kier alpha value is -1.40. The van der Waals surface area contributed by atoms with Gasteiger partial charge in [-0.3, -0.25) is 0 Å². The van der Waals surface area contributed by atoms with E-state index < -0.39 is 0 Å². The van der Waals surface area contributed by atoms with Gasteiger partial charge in [-0.1, -0.05) is 6.92 Å². The summed E-state index contributed by atoms with van der Waals surface area (Å²) in [6.45, 7) is 7.47. The monoisotopic (exact) mass is 294 g/mol. The van der Waals surface area contributed by atoms with Gasteiger partial charge >= 0.3 is 0 Å². The highest BCUT2D eigenvalue weighted by molar-refractivity contribution is 7.16. The van der Waals surface area contributed by atoms with Crippen molar-refractivity contribution in [1.82, 2.24) is 9.97 Å². The van der Waals surface area contributed by atoms with Crippen molar-refractivity contribution >= 4 is 33.3 Å². The van der Waals surface area contributed by atoms with Crippen LogP contribution in [0.5, 0.6) is 0 Å². The van der Waals surface area contributed by atoms with Gasteiger partial charge < -0.3 is 15.4 Å². The van der Waals surface area contributed by atoms with Crippen LogP contribution < -0.4 is 10.6 Å². The van der Waals surface area contributed by atoms with E-state index >= 15 is 0 Å². The third kappa shape index (κ3) is 4.05. The first-order valence-corrected chi connectivity index (χ1v) is 8.03. The Morgan fingerprint density at radius 2 is 2.10 bits per heavy atom. The Morgan fingerprint density at radius 1 is 1.20 bits per heavy atom. The molecule has 0 fully saturated rings. The molecule has 0 radical (unpaired) electrons. The highest BCUT2D eigenvalue weighted by Crippen LogP contribution is 2.26. The van der Waals surface area contributed by atoms with Crippen LogP contribution in [0.4, 0.5) is 11.8 Å². The molecule has 5 nitrogen and oxygen atoms in total. The fraction of sp³-hybridized carbons (Fsp3) is 0.571. The quantitative estimate of drug-likeness (QED) is 0.695. The van der Waals surface area contributed by atoms with E-state index in [1.807, 2.05) is 12.3 Å². The van der Waals surface area contributed by atoms with Gasteiger partial charge in [-0.05, 0) is 31.2 Å². The number of aromatic nitrogens is 2. The van der Waals surface area contributed by atoms with E-state index in [0.29, 0.717) is 5.95 Å². The molecule has 2 aromatic rings. The molecule has 2 heterocycles. The normalized spacial score (nSPS) is 10.9. The molecule has 0 amide bonds. The number of hydrogen-bond donors (Lipinski definition) is 2. The molecule has 0 aliphatic heterocycles. The van der Waals surface area contributed by atoms with Crippen molar-refractivity contribution in [2.75, 3.05) is 36.9 Å². The molecule has 0 aromatic carbocycles. The molecule has 0 saturated heterocycles. The second-order valence-corrected chi connectivity index (χ2v) is 5.35. The summed E-state index contributed by atoms with van der Waals surface area (Å²) in [5, 5.41) is 9.69. The van der Waals surface area contributed by atoms with E-state index in [1.54, 1.807) is 11.3 Å². The molecule has 0 aliphatic rings. The van der Waals surface area contributed by atoms with Crippen molar-refractivity contribution in [3.05, 3.63) is 11.4 Å². The number of anilines is 2. The summed E-state index contributed by atoms with van der Waals surface area (Å²) in [7, 11) is 0. The Bertz CT molecular complexity index is 529. The van der Waals surface area contributed by atoms with Gasteiger partial charge in [0.05, 0.1) is 5.39 Å². The maximum Gasteiger partial charge on any atom is 0.226 e. The molecule has 110 valence electrons. The number of ether oxygens (including phenoxy) is 1. The molecule has 2 aromatic heterocycles. The highest BCUT2D eigenvalue weighted by atomic mass is 32.1. The molecule has 6 heteroatoms. The fourth-order valence-corrected chi connectivity index (χ4v) is 2.62. The van der Waals surface area contributed by atoms with Gasteiger partial charge in [0, 0.05) is 26.3 Å². The second-order valence-electron chi connectivity index (χ2n) is 4.46. The van der Waals surface area contributed by atoms with Crippen molar-refractivity contribution in [3.8, 4) is 0 Å². The topological polar surface area (TPSA) is 59.1 Å². The number of hydrogen-bond acceptors (Lipinski definition) is 6. The average Bonchev–Trinajstić information content (AvgIpc) is 2.91. The molecule has 2 rings (SSSR count). The zero-order valence-corrected chi connectivity index (χ0v) is 12.9. The predicted octanol–water partition coefficient (Wildman–Crippen LogP) is 3.35. The summed E-state index contributed by atoms with van der Waals surface area (Å²) < 4.78 is 5.47. The summed E-state index contributed by atoms with van der Waals surface area (Å²) in [4.78, 5) is 10.0. The predicted molar refractivity (Wildman–Crippen MR) is 85.8 cm³/mol. The molecular formula is C14H22N4OS. The lowest BCUT2D eigenvalue weighted by atomic mass is 10.3.